The van der Waals surface area contributed by atoms with E-state index in [4.69, 9.17) is 14.2 Å². The molecule has 0 amide bonds. The van der Waals surface area contributed by atoms with E-state index in [9.17, 15) is 9.59 Å². The Labute approximate surface area is 151 Å². The Hall–Kier alpha value is -2.84. The Kier molecular flexibility index (Phi) is 7.19. The molecule has 0 saturated carbocycles. The fourth-order valence-electron chi connectivity index (χ4n) is 2.24. The molecule has 0 aliphatic carbocycles. The lowest BCUT2D eigenvalue weighted by Gasteiger charge is -2.09. The zero-order chi connectivity index (χ0) is 18.9. The molecule has 0 spiro atoms. The Morgan fingerprint density at radius 2 is 1.42 bits per heavy atom. The van der Waals surface area contributed by atoms with Crippen LogP contribution in [0.5, 0.6) is 0 Å². The van der Waals surface area contributed by atoms with Crippen molar-refractivity contribution >= 4 is 11.9 Å². The van der Waals surface area contributed by atoms with Gasteiger partial charge >= 0.3 is 11.9 Å². The minimum absolute atomic E-state index is 0.158. The number of methoxy groups -OCH3 is 3. The lowest BCUT2D eigenvalue weighted by atomic mass is 10.2. The number of hydrogen-bond donors (Lipinski definition) is 0. The number of carbonyl (C=O) groups is 2. The molecule has 2 heterocycles. The van der Waals surface area contributed by atoms with Crippen LogP contribution in [0.4, 0.5) is 0 Å². The van der Waals surface area contributed by atoms with Crippen molar-refractivity contribution in [1.82, 2.24) is 9.97 Å². The van der Waals surface area contributed by atoms with Crippen LogP contribution in [0.3, 0.4) is 0 Å². The summed E-state index contributed by atoms with van der Waals surface area (Å²) in [5.74, 6) is -0.899. The van der Waals surface area contributed by atoms with Crippen molar-refractivity contribution in [1.29, 1.82) is 0 Å². The van der Waals surface area contributed by atoms with Crippen LogP contribution in [-0.4, -0.2) is 43.2 Å². The Morgan fingerprint density at radius 3 is 2.08 bits per heavy atom. The molecule has 0 bridgehead atoms. The fourth-order valence-corrected chi connectivity index (χ4v) is 2.24. The SMILES string of the molecule is COCc1cc(C(=O)OC)cc(COCc2cc(C(=O)OC)ccn2)n1. The summed E-state index contributed by atoms with van der Waals surface area (Å²) in [4.78, 5) is 31.8. The van der Waals surface area contributed by atoms with Gasteiger partial charge in [0.25, 0.3) is 0 Å². The van der Waals surface area contributed by atoms with Crippen molar-refractivity contribution in [3.8, 4) is 0 Å². The van der Waals surface area contributed by atoms with E-state index in [1.54, 1.807) is 31.4 Å². The molecule has 26 heavy (non-hydrogen) atoms. The third-order valence-corrected chi connectivity index (χ3v) is 3.38. The average molecular weight is 360 g/mol. The van der Waals surface area contributed by atoms with E-state index in [2.05, 4.69) is 14.7 Å². The molecule has 8 heteroatoms. The van der Waals surface area contributed by atoms with Gasteiger partial charge in [-0.3, -0.25) is 9.97 Å². The topological polar surface area (TPSA) is 96.8 Å². The van der Waals surface area contributed by atoms with E-state index in [1.165, 1.54) is 20.4 Å². The van der Waals surface area contributed by atoms with Gasteiger partial charge in [0, 0.05) is 13.3 Å². The quantitative estimate of drug-likeness (QED) is 0.659. The van der Waals surface area contributed by atoms with Gasteiger partial charge in [-0.15, -0.1) is 0 Å². The first-order chi connectivity index (χ1) is 12.6. The van der Waals surface area contributed by atoms with Crippen LogP contribution in [0.2, 0.25) is 0 Å². The van der Waals surface area contributed by atoms with Gasteiger partial charge in [-0.25, -0.2) is 9.59 Å². The predicted molar refractivity (Wildman–Crippen MR) is 90.4 cm³/mol. The molecule has 0 fully saturated rings. The second-order valence-corrected chi connectivity index (χ2v) is 5.28. The molecule has 2 aromatic heterocycles. The molecular formula is C18H20N2O6. The Balaban J connectivity index is 2.06. The molecule has 2 rings (SSSR count). The largest absolute Gasteiger partial charge is 0.465 e. The van der Waals surface area contributed by atoms with Gasteiger partial charge in [0.05, 0.1) is 62.2 Å². The van der Waals surface area contributed by atoms with Crippen molar-refractivity contribution in [3.05, 3.63) is 58.7 Å². The van der Waals surface area contributed by atoms with Gasteiger partial charge in [0.15, 0.2) is 0 Å². The second-order valence-electron chi connectivity index (χ2n) is 5.28. The molecule has 8 nitrogen and oxygen atoms in total. The minimum atomic E-state index is -0.460. The lowest BCUT2D eigenvalue weighted by molar-refractivity contribution is 0.0591. The number of nitrogens with zero attached hydrogens (tertiary/aromatic N) is 2. The Bertz CT molecular complexity index is 778. The maximum absolute atomic E-state index is 11.8. The fraction of sp³-hybridized carbons (Fsp3) is 0.333. The minimum Gasteiger partial charge on any atom is -0.465 e. The van der Waals surface area contributed by atoms with Crippen LogP contribution in [0.15, 0.2) is 30.5 Å². The maximum atomic E-state index is 11.8. The molecule has 2 aromatic rings. The third-order valence-electron chi connectivity index (χ3n) is 3.38. The van der Waals surface area contributed by atoms with Gasteiger partial charge in [-0.1, -0.05) is 0 Å². The molecule has 0 unspecified atom stereocenters. The molecule has 138 valence electrons. The van der Waals surface area contributed by atoms with Gasteiger partial charge in [-0.05, 0) is 24.3 Å². The first kappa shape index (κ1) is 19.5. The van der Waals surface area contributed by atoms with Gasteiger partial charge in [0.1, 0.15) is 0 Å². The van der Waals surface area contributed by atoms with Crippen LogP contribution in [0.1, 0.15) is 37.8 Å². The highest BCUT2D eigenvalue weighted by atomic mass is 16.5. The first-order valence-corrected chi connectivity index (χ1v) is 7.75. The highest BCUT2D eigenvalue weighted by molar-refractivity contribution is 5.89. The van der Waals surface area contributed by atoms with E-state index in [0.29, 0.717) is 28.2 Å². The highest BCUT2D eigenvalue weighted by Gasteiger charge is 2.11. The highest BCUT2D eigenvalue weighted by Crippen LogP contribution is 2.11. The molecule has 0 radical (unpaired) electrons. The molecular weight excluding hydrogens is 340 g/mol. The number of esters is 2. The van der Waals surface area contributed by atoms with Crippen LogP contribution in [0, 0.1) is 0 Å². The summed E-state index contributed by atoms with van der Waals surface area (Å²) in [5, 5.41) is 0. The van der Waals surface area contributed by atoms with E-state index < -0.39 is 11.9 Å². The van der Waals surface area contributed by atoms with Crippen molar-refractivity contribution in [2.45, 2.75) is 19.8 Å². The van der Waals surface area contributed by atoms with E-state index in [1.807, 2.05) is 0 Å². The van der Waals surface area contributed by atoms with Gasteiger partial charge in [-0.2, -0.15) is 0 Å². The van der Waals surface area contributed by atoms with Crippen LogP contribution in [-0.2, 0) is 38.8 Å². The van der Waals surface area contributed by atoms with Gasteiger partial charge in [0.2, 0.25) is 0 Å². The summed E-state index contributed by atoms with van der Waals surface area (Å²) >= 11 is 0. The number of aromatic nitrogens is 2. The summed E-state index contributed by atoms with van der Waals surface area (Å²) in [5.41, 5.74) is 2.51. The maximum Gasteiger partial charge on any atom is 0.337 e. The van der Waals surface area contributed by atoms with Crippen LogP contribution in [0.25, 0.3) is 0 Å². The van der Waals surface area contributed by atoms with Crippen molar-refractivity contribution in [2.24, 2.45) is 0 Å². The van der Waals surface area contributed by atoms with Crippen molar-refractivity contribution < 1.29 is 28.5 Å². The van der Waals surface area contributed by atoms with Crippen LogP contribution >= 0.6 is 0 Å². The number of rotatable bonds is 8. The van der Waals surface area contributed by atoms with E-state index in [-0.39, 0.29) is 19.8 Å². The second kappa shape index (κ2) is 9.59. The third kappa shape index (κ3) is 5.33. The van der Waals surface area contributed by atoms with E-state index in [0.717, 1.165) is 0 Å². The molecule has 0 aliphatic heterocycles. The predicted octanol–water partition coefficient (Wildman–Crippen LogP) is 1.91. The molecule has 0 aliphatic rings. The Morgan fingerprint density at radius 1 is 0.846 bits per heavy atom. The van der Waals surface area contributed by atoms with Crippen molar-refractivity contribution in [3.63, 3.8) is 0 Å². The molecule has 0 atom stereocenters. The summed E-state index contributed by atoms with van der Waals surface area (Å²) in [6, 6.07) is 6.37. The number of ether oxygens (including phenoxy) is 4. The average Bonchev–Trinajstić information content (AvgIpc) is 2.67. The summed E-state index contributed by atoms with van der Waals surface area (Å²) in [6.07, 6.45) is 1.51. The molecule has 0 saturated heterocycles. The lowest BCUT2D eigenvalue weighted by Crippen LogP contribution is -2.08. The zero-order valence-corrected chi connectivity index (χ0v) is 14.9. The number of carbonyl (C=O) groups excluding carboxylic acids is 2. The normalized spacial score (nSPS) is 10.4. The summed E-state index contributed by atoms with van der Waals surface area (Å²) in [6.45, 7) is 0.598. The smallest absolute Gasteiger partial charge is 0.337 e. The zero-order valence-electron chi connectivity index (χ0n) is 14.9. The van der Waals surface area contributed by atoms with Crippen LogP contribution < -0.4 is 0 Å². The summed E-state index contributed by atoms with van der Waals surface area (Å²) < 4.78 is 20.1. The first-order valence-electron chi connectivity index (χ1n) is 7.75. The standard InChI is InChI=1S/C18H20N2O6/c1-23-9-15-7-13(18(22)25-3)8-16(20-15)11-26-10-14-6-12(4-5-19-14)17(21)24-2/h4-8H,9-11H2,1-3H3. The molecule has 0 N–H and O–H groups in total. The monoisotopic (exact) mass is 360 g/mol. The van der Waals surface area contributed by atoms with Crippen molar-refractivity contribution in [2.75, 3.05) is 21.3 Å². The molecule has 0 aromatic carbocycles. The van der Waals surface area contributed by atoms with Gasteiger partial charge < -0.3 is 18.9 Å². The number of hydrogen-bond acceptors (Lipinski definition) is 8. The van der Waals surface area contributed by atoms with E-state index >= 15 is 0 Å². The number of pyridine rings is 2. The summed E-state index contributed by atoms with van der Waals surface area (Å²) in [7, 11) is 4.17.